The van der Waals surface area contributed by atoms with Crippen molar-refractivity contribution in [3.63, 3.8) is 0 Å². The maximum absolute atomic E-state index is 13.3. The molecule has 2 aromatic rings. The molecule has 4 rings (SSSR count). The summed E-state index contributed by atoms with van der Waals surface area (Å²) >= 11 is 0. The number of fused-ring (bicyclic) bond motifs is 1. The summed E-state index contributed by atoms with van der Waals surface area (Å²) in [5, 5.41) is 9.27. The summed E-state index contributed by atoms with van der Waals surface area (Å²) in [6, 6.07) is -0.828. The Morgan fingerprint density at radius 2 is 1.62 bits per heavy atom. The Hall–Kier alpha value is -4.23. The first-order chi connectivity index (χ1) is 18.6. The van der Waals surface area contributed by atoms with E-state index in [9.17, 15) is 19.5 Å². The molecule has 2 aliphatic rings. The highest BCUT2D eigenvalue weighted by Crippen LogP contribution is 2.26. The number of esters is 1. The average molecular weight is 557 g/mol. The van der Waals surface area contributed by atoms with Gasteiger partial charge in [-0.25, -0.2) is 29.3 Å². The lowest BCUT2D eigenvalue weighted by atomic mass is 10.1. The highest BCUT2D eigenvalue weighted by atomic mass is 16.6. The third kappa shape index (κ3) is 6.66. The van der Waals surface area contributed by atoms with E-state index in [0.717, 1.165) is 17.5 Å². The van der Waals surface area contributed by atoms with Crippen molar-refractivity contribution in [3.05, 3.63) is 29.2 Å². The van der Waals surface area contributed by atoms with Crippen molar-refractivity contribution >= 4 is 35.7 Å². The number of carboxylic acids is 1. The number of carboxylic acid groups (broad SMARTS) is 1. The number of hydrogen-bond donors (Lipinski definition) is 2. The van der Waals surface area contributed by atoms with Crippen LogP contribution in [0.4, 0.5) is 22.5 Å². The molecule has 0 saturated carbocycles. The zero-order valence-corrected chi connectivity index (χ0v) is 23.7. The smallest absolute Gasteiger partial charge is 0.410 e. The van der Waals surface area contributed by atoms with Crippen LogP contribution in [0.3, 0.4) is 0 Å². The van der Waals surface area contributed by atoms with Crippen LogP contribution < -0.4 is 15.5 Å². The summed E-state index contributed by atoms with van der Waals surface area (Å²) in [6.45, 7) is 12.6. The molecule has 1 amide bonds. The average Bonchev–Trinajstić information content (AvgIpc) is 2.85. The molecule has 0 unspecified atom stereocenters. The molecule has 14 heteroatoms. The van der Waals surface area contributed by atoms with Crippen LogP contribution in [0.15, 0.2) is 12.4 Å². The summed E-state index contributed by atoms with van der Waals surface area (Å²) in [5.74, 6) is -1.34. The zero-order valence-electron chi connectivity index (χ0n) is 23.7. The molecule has 4 heterocycles. The van der Waals surface area contributed by atoms with E-state index in [0.29, 0.717) is 38.5 Å². The molecule has 0 aromatic carbocycles. The fourth-order valence-corrected chi connectivity index (χ4v) is 4.40. The number of aromatic carboxylic acids is 1. The molecule has 0 bridgehead atoms. The Morgan fingerprint density at radius 1 is 0.950 bits per heavy atom. The molecule has 216 valence electrons. The summed E-state index contributed by atoms with van der Waals surface area (Å²) < 4.78 is 11.2. The largest absolute Gasteiger partial charge is 0.477 e. The van der Waals surface area contributed by atoms with Gasteiger partial charge in [0.1, 0.15) is 28.6 Å². The van der Waals surface area contributed by atoms with Crippen LogP contribution in [0.5, 0.6) is 0 Å². The Morgan fingerprint density at radius 3 is 2.25 bits per heavy atom. The second-order valence-corrected chi connectivity index (χ2v) is 11.8. The van der Waals surface area contributed by atoms with Crippen molar-refractivity contribution in [2.45, 2.75) is 71.8 Å². The van der Waals surface area contributed by atoms with E-state index in [1.165, 1.54) is 0 Å². The Labute approximate surface area is 232 Å². The van der Waals surface area contributed by atoms with Gasteiger partial charge in [-0.3, -0.25) is 0 Å². The minimum Gasteiger partial charge on any atom is -0.477 e. The number of amides is 1. The van der Waals surface area contributed by atoms with E-state index in [1.807, 2.05) is 25.7 Å². The van der Waals surface area contributed by atoms with Crippen LogP contribution in [0, 0.1) is 0 Å². The maximum atomic E-state index is 13.3. The standard InChI is InChI=1S/C26H36N8O6/c1-25(2,3)39-21(37)18-14-32(9-10-34(18)23-29-12-16(20(35)36)19(27)31-23)22-28-11-15-13-33(8-7-17(15)30-22)24(38)40-26(4,5)6/h11-12,18H,7-10,13-14H2,1-6H3,(H,35,36)(H2,27,29,31)/t18-/m0/s1. The molecular formula is C26H36N8O6. The van der Waals surface area contributed by atoms with Crippen molar-refractivity contribution in [2.75, 3.05) is 41.7 Å². The predicted molar refractivity (Wildman–Crippen MR) is 145 cm³/mol. The van der Waals surface area contributed by atoms with Crippen molar-refractivity contribution in [1.29, 1.82) is 0 Å². The van der Waals surface area contributed by atoms with Crippen LogP contribution in [0.25, 0.3) is 0 Å². The number of nitrogens with two attached hydrogens (primary N) is 1. The molecule has 1 atom stereocenters. The van der Waals surface area contributed by atoms with Crippen LogP contribution in [0.2, 0.25) is 0 Å². The van der Waals surface area contributed by atoms with Gasteiger partial charge in [-0.15, -0.1) is 0 Å². The van der Waals surface area contributed by atoms with Gasteiger partial charge in [-0.05, 0) is 41.5 Å². The Balaban J connectivity index is 1.55. The monoisotopic (exact) mass is 556 g/mol. The molecule has 2 aromatic heterocycles. The van der Waals surface area contributed by atoms with Gasteiger partial charge < -0.3 is 35.0 Å². The Kier molecular flexibility index (Phi) is 7.72. The van der Waals surface area contributed by atoms with E-state index in [4.69, 9.17) is 20.2 Å². The molecule has 3 N–H and O–H groups in total. The first-order valence-electron chi connectivity index (χ1n) is 13.0. The molecule has 0 spiro atoms. The van der Waals surface area contributed by atoms with Crippen LogP contribution >= 0.6 is 0 Å². The van der Waals surface area contributed by atoms with Gasteiger partial charge in [0.2, 0.25) is 11.9 Å². The van der Waals surface area contributed by atoms with Gasteiger partial charge in [0.05, 0.1) is 18.8 Å². The minimum atomic E-state index is -1.24. The second kappa shape index (κ2) is 10.7. The van der Waals surface area contributed by atoms with Crippen molar-refractivity contribution in [3.8, 4) is 0 Å². The van der Waals surface area contributed by atoms with Crippen molar-refractivity contribution < 1.29 is 29.0 Å². The molecule has 14 nitrogen and oxygen atoms in total. The molecule has 0 radical (unpaired) electrons. The predicted octanol–water partition coefficient (Wildman–Crippen LogP) is 1.88. The van der Waals surface area contributed by atoms with Gasteiger partial charge in [0.25, 0.3) is 0 Å². The highest BCUT2D eigenvalue weighted by Gasteiger charge is 2.38. The number of piperazine rings is 1. The number of hydrogen-bond acceptors (Lipinski definition) is 12. The minimum absolute atomic E-state index is 0.131. The van der Waals surface area contributed by atoms with Gasteiger partial charge >= 0.3 is 18.0 Å². The van der Waals surface area contributed by atoms with E-state index in [-0.39, 0.29) is 30.0 Å². The van der Waals surface area contributed by atoms with Crippen molar-refractivity contribution in [2.24, 2.45) is 0 Å². The van der Waals surface area contributed by atoms with Gasteiger partial charge in [0.15, 0.2) is 0 Å². The number of ether oxygens (including phenoxy) is 2. The second-order valence-electron chi connectivity index (χ2n) is 11.8. The number of nitrogens with zero attached hydrogens (tertiary/aromatic N) is 7. The summed E-state index contributed by atoms with van der Waals surface area (Å²) in [7, 11) is 0. The first kappa shape index (κ1) is 28.8. The lowest BCUT2D eigenvalue weighted by molar-refractivity contribution is -0.156. The normalized spacial score (nSPS) is 17.8. The number of carbonyl (C=O) groups excluding carboxylic acids is 2. The summed E-state index contributed by atoms with van der Waals surface area (Å²) in [5.41, 5.74) is 5.99. The van der Waals surface area contributed by atoms with E-state index >= 15 is 0 Å². The van der Waals surface area contributed by atoms with E-state index < -0.39 is 29.2 Å². The topological polar surface area (TPSA) is 177 Å². The molecule has 2 aliphatic heterocycles. The number of aromatic nitrogens is 4. The van der Waals surface area contributed by atoms with Crippen molar-refractivity contribution in [1.82, 2.24) is 24.8 Å². The molecular weight excluding hydrogens is 520 g/mol. The molecule has 1 saturated heterocycles. The number of carbonyl (C=O) groups is 3. The van der Waals surface area contributed by atoms with Crippen LogP contribution in [-0.4, -0.2) is 91.4 Å². The first-order valence-corrected chi connectivity index (χ1v) is 13.0. The van der Waals surface area contributed by atoms with E-state index in [2.05, 4.69) is 15.0 Å². The molecule has 1 fully saturated rings. The zero-order chi connectivity index (χ0) is 29.4. The number of nitrogen functional groups attached to an aromatic ring is 1. The van der Waals surface area contributed by atoms with E-state index in [1.54, 1.807) is 36.8 Å². The lowest BCUT2D eigenvalue weighted by Crippen LogP contribution is -2.58. The molecule has 0 aliphatic carbocycles. The maximum Gasteiger partial charge on any atom is 0.410 e. The molecule has 40 heavy (non-hydrogen) atoms. The van der Waals surface area contributed by atoms with Crippen LogP contribution in [0.1, 0.15) is 63.2 Å². The van der Waals surface area contributed by atoms with Crippen LogP contribution in [-0.2, 0) is 27.2 Å². The SMILES string of the molecule is CC(C)(C)OC(=O)[C@@H]1CN(c2ncc3c(n2)CCN(C(=O)OC(C)(C)C)C3)CCN1c1ncc(C(=O)O)c(N)n1. The van der Waals surface area contributed by atoms with Gasteiger partial charge in [-0.1, -0.05) is 0 Å². The summed E-state index contributed by atoms with van der Waals surface area (Å²) in [6.07, 6.45) is 3.00. The number of anilines is 3. The Bertz CT molecular complexity index is 1310. The summed E-state index contributed by atoms with van der Waals surface area (Å²) in [4.78, 5) is 60.0. The van der Waals surface area contributed by atoms with Gasteiger partial charge in [-0.2, -0.15) is 4.98 Å². The number of rotatable bonds is 4. The fourth-order valence-electron chi connectivity index (χ4n) is 4.40. The quantitative estimate of drug-likeness (QED) is 0.522. The third-order valence-corrected chi connectivity index (χ3v) is 6.21. The third-order valence-electron chi connectivity index (χ3n) is 6.21. The fraction of sp³-hybridized carbons (Fsp3) is 0.577. The highest BCUT2D eigenvalue weighted by molar-refractivity contribution is 5.92. The lowest BCUT2D eigenvalue weighted by Gasteiger charge is -2.41. The van der Waals surface area contributed by atoms with Gasteiger partial charge in [0, 0.05) is 44.0 Å².